The minimum Gasteiger partial charge on any atom is -0.484 e. The highest BCUT2D eigenvalue weighted by molar-refractivity contribution is 7.25. The maximum absolute atomic E-state index is 7.36. The number of nitrogens with zero attached hydrogens (tertiary/aromatic N) is 2. The number of rotatable bonds is 3. The number of hydrogen-bond acceptors (Lipinski definition) is 3. The molecule has 0 radical (unpaired) electrons. The van der Waals surface area contributed by atoms with E-state index in [0.29, 0.717) is 0 Å². The SMILES string of the molecule is CC(C)(C)c1ccc(N2B3c4cc5c(cc4-n4c6cc7c(cc6c6ccc(c3c64)-c3cc4c(cc32)sc2cc(C(C)(C)C)ccc24)Cc2ccccc2-7)C(c2ccccc2)C(c2ccccc2)O5)cc1. The van der Waals surface area contributed by atoms with Gasteiger partial charge in [0.15, 0.2) is 0 Å². The number of aromatic nitrogens is 1. The van der Waals surface area contributed by atoms with Gasteiger partial charge in [-0.25, -0.2) is 0 Å². The van der Waals surface area contributed by atoms with Gasteiger partial charge in [0.1, 0.15) is 11.9 Å². The Morgan fingerprint density at radius 1 is 0.529 bits per heavy atom. The number of fused-ring (bicyclic) bond motifs is 15. The third-order valence-corrected chi connectivity index (χ3v) is 17.4. The van der Waals surface area contributed by atoms with Crippen LogP contribution in [0.1, 0.15) is 92.5 Å². The Bertz CT molecular complexity index is 4040. The van der Waals surface area contributed by atoms with Gasteiger partial charge in [0, 0.05) is 59.1 Å². The first-order valence-electron chi connectivity index (χ1n) is 25.0. The molecule has 11 aromatic rings. The second-order valence-electron chi connectivity index (χ2n) is 22.4. The molecule has 0 N–H and O–H groups in total. The Hall–Kier alpha value is -7.34. The van der Waals surface area contributed by atoms with Crippen LogP contribution in [0.15, 0.2) is 176 Å². The van der Waals surface area contributed by atoms with Crippen molar-refractivity contribution in [3.05, 3.63) is 215 Å². The number of thiophene rings is 1. The highest BCUT2D eigenvalue weighted by Gasteiger charge is 2.47. The fraction of sp³-hybridized carbons (Fsp3) is 0.169. The van der Waals surface area contributed by atoms with E-state index >= 15 is 0 Å². The van der Waals surface area contributed by atoms with Crippen LogP contribution in [-0.4, -0.2) is 11.4 Å². The van der Waals surface area contributed by atoms with Crippen molar-refractivity contribution in [2.45, 2.75) is 70.8 Å². The Kier molecular flexibility index (Phi) is 8.19. The molecule has 1 aliphatic carbocycles. The molecule has 0 spiro atoms. The van der Waals surface area contributed by atoms with Gasteiger partial charge in [-0.15, -0.1) is 11.3 Å². The van der Waals surface area contributed by atoms with E-state index in [1.54, 1.807) is 0 Å². The third kappa shape index (κ3) is 5.64. The maximum atomic E-state index is 7.36. The predicted molar refractivity (Wildman–Crippen MR) is 296 cm³/mol. The first-order chi connectivity index (χ1) is 34.0. The summed E-state index contributed by atoms with van der Waals surface area (Å²) in [6.07, 6.45) is 0.783. The van der Waals surface area contributed by atoms with Crippen molar-refractivity contribution >= 4 is 82.5 Å². The van der Waals surface area contributed by atoms with E-state index in [1.807, 2.05) is 11.3 Å². The Labute approximate surface area is 413 Å². The van der Waals surface area contributed by atoms with Crippen molar-refractivity contribution in [2.24, 2.45) is 0 Å². The number of benzene rings is 9. The Morgan fingerprint density at radius 3 is 2.00 bits per heavy atom. The molecule has 70 heavy (non-hydrogen) atoms. The van der Waals surface area contributed by atoms with Crippen molar-refractivity contribution in [2.75, 3.05) is 4.81 Å². The van der Waals surface area contributed by atoms with Gasteiger partial charge < -0.3 is 14.1 Å². The molecular formula is C65H51BN2OS. The number of hydrogen-bond donors (Lipinski definition) is 0. The predicted octanol–water partition coefficient (Wildman–Crippen LogP) is 15.8. The monoisotopic (exact) mass is 918 g/mol. The Morgan fingerprint density at radius 2 is 1.23 bits per heavy atom. The lowest BCUT2D eigenvalue weighted by atomic mass is 9.44. The second-order valence-corrected chi connectivity index (χ2v) is 23.5. The van der Waals surface area contributed by atoms with E-state index in [0.717, 1.165) is 12.2 Å². The summed E-state index contributed by atoms with van der Waals surface area (Å²) in [6.45, 7) is 13.7. The summed E-state index contributed by atoms with van der Waals surface area (Å²) in [7, 11) is 0. The van der Waals surface area contributed by atoms with Crippen molar-refractivity contribution in [3.8, 4) is 33.7 Å². The Balaban J connectivity index is 1.06. The van der Waals surface area contributed by atoms with Gasteiger partial charge in [0.05, 0.1) is 17.0 Å². The molecule has 2 aromatic heterocycles. The summed E-state index contributed by atoms with van der Waals surface area (Å²) in [4.78, 5) is 2.69. The highest BCUT2D eigenvalue weighted by Crippen LogP contribution is 2.54. The van der Waals surface area contributed by atoms with Gasteiger partial charge >= 0.3 is 6.85 Å². The van der Waals surface area contributed by atoms with Crippen LogP contribution in [0.4, 0.5) is 11.4 Å². The topological polar surface area (TPSA) is 17.4 Å². The molecule has 0 amide bonds. The molecule has 2 unspecified atom stereocenters. The van der Waals surface area contributed by atoms with Crippen LogP contribution in [0.2, 0.25) is 0 Å². The molecule has 3 aliphatic heterocycles. The van der Waals surface area contributed by atoms with Gasteiger partial charge in [0.2, 0.25) is 0 Å². The average molecular weight is 919 g/mol. The summed E-state index contributed by atoms with van der Waals surface area (Å²) in [6, 6.07) is 67.5. The number of ether oxygens (including phenoxy) is 1. The molecule has 0 saturated heterocycles. The van der Waals surface area contributed by atoms with Crippen LogP contribution < -0.4 is 20.5 Å². The molecule has 336 valence electrons. The lowest BCUT2D eigenvalue weighted by Crippen LogP contribution is -2.60. The molecule has 4 aliphatic rings. The van der Waals surface area contributed by atoms with Crippen LogP contribution in [-0.2, 0) is 17.3 Å². The number of anilines is 2. The van der Waals surface area contributed by atoms with Gasteiger partial charge in [-0.1, -0.05) is 163 Å². The van der Waals surface area contributed by atoms with E-state index in [1.165, 1.54) is 131 Å². The molecule has 0 fully saturated rings. The molecule has 9 aromatic carbocycles. The smallest absolute Gasteiger partial charge is 0.333 e. The van der Waals surface area contributed by atoms with Gasteiger partial charge in [0.25, 0.3) is 0 Å². The lowest BCUT2D eigenvalue weighted by Gasteiger charge is -2.42. The fourth-order valence-corrected chi connectivity index (χ4v) is 14.0. The summed E-state index contributed by atoms with van der Waals surface area (Å²) in [5.41, 5.74) is 23.4. The molecular weight excluding hydrogens is 868 g/mol. The van der Waals surface area contributed by atoms with Crippen LogP contribution >= 0.6 is 11.3 Å². The van der Waals surface area contributed by atoms with Crippen molar-refractivity contribution < 1.29 is 4.74 Å². The quantitative estimate of drug-likeness (QED) is 0.164. The molecule has 0 saturated carbocycles. The summed E-state index contributed by atoms with van der Waals surface area (Å²) < 4.78 is 12.7. The minimum atomic E-state index is -0.172. The first kappa shape index (κ1) is 40.5. The van der Waals surface area contributed by atoms with Gasteiger partial charge in [-0.2, -0.15) is 0 Å². The summed E-state index contributed by atoms with van der Waals surface area (Å²) in [5, 5.41) is 5.28. The fourth-order valence-electron chi connectivity index (χ4n) is 12.8. The average Bonchev–Trinajstić information content (AvgIpc) is 4.12. The van der Waals surface area contributed by atoms with E-state index in [9.17, 15) is 0 Å². The molecule has 2 atom stereocenters. The van der Waals surface area contributed by atoms with E-state index < -0.39 is 0 Å². The summed E-state index contributed by atoms with van der Waals surface area (Å²) in [5.74, 6) is 0.978. The lowest BCUT2D eigenvalue weighted by molar-refractivity contribution is 0.222. The molecule has 0 bridgehead atoms. The summed E-state index contributed by atoms with van der Waals surface area (Å²) >= 11 is 1.93. The largest absolute Gasteiger partial charge is 0.484 e. The molecule has 3 nitrogen and oxygen atoms in total. The molecule has 5 heterocycles. The van der Waals surface area contributed by atoms with Gasteiger partial charge in [-0.05, 0) is 133 Å². The van der Waals surface area contributed by atoms with E-state index in [-0.39, 0.29) is 29.7 Å². The van der Waals surface area contributed by atoms with Crippen LogP contribution in [0.25, 0.3) is 69.9 Å². The van der Waals surface area contributed by atoms with Crippen molar-refractivity contribution in [1.82, 2.24) is 4.57 Å². The standard InChI is InChI=1S/C65H51BN2OS/c1-64(2,3)41-21-24-43(25-22-41)68-55-36-59-51(45-26-23-42(65(4,5)6)31-58(45)70-59)32-50(55)46-27-28-47-49-30-40-29-39-19-13-14-20-44(39)48(40)33-54(49)67-56-34-52-57(35-53(56)66(68)61(46)62(47)67)69-63(38-17-11-8-12-18-38)60(52)37-15-9-7-10-16-37/h7-28,30-36,60,63H,29H2,1-6H3. The zero-order valence-electron chi connectivity index (χ0n) is 40.4. The normalized spacial score (nSPS) is 16.4. The zero-order chi connectivity index (χ0) is 46.9. The van der Waals surface area contributed by atoms with Crippen LogP contribution in [0.3, 0.4) is 0 Å². The van der Waals surface area contributed by atoms with Crippen molar-refractivity contribution in [3.63, 3.8) is 0 Å². The zero-order valence-corrected chi connectivity index (χ0v) is 41.2. The van der Waals surface area contributed by atoms with Crippen molar-refractivity contribution in [1.29, 1.82) is 0 Å². The highest BCUT2D eigenvalue weighted by atomic mass is 32.1. The van der Waals surface area contributed by atoms with Crippen LogP contribution in [0, 0.1) is 0 Å². The van der Waals surface area contributed by atoms with Crippen LogP contribution in [0.5, 0.6) is 5.75 Å². The minimum absolute atomic E-state index is 0.0123. The second kappa shape index (κ2) is 14.1. The first-order valence-corrected chi connectivity index (χ1v) is 25.9. The molecule has 5 heteroatoms. The van der Waals surface area contributed by atoms with E-state index in [2.05, 4.69) is 227 Å². The maximum Gasteiger partial charge on any atom is 0.333 e. The third-order valence-electron chi connectivity index (χ3n) is 16.3. The molecule has 15 rings (SSSR count). The van der Waals surface area contributed by atoms with Gasteiger partial charge in [-0.3, -0.25) is 0 Å². The van der Waals surface area contributed by atoms with E-state index in [4.69, 9.17) is 4.74 Å².